The maximum absolute atomic E-state index is 13.0. The summed E-state index contributed by atoms with van der Waals surface area (Å²) in [6, 6.07) is 13.2. The van der Waals surface area contributed by atoms with E-state index in [9.17, 15) is 8.42 Å². The molecule has 0 amide bonds. The van der Waals surface area contributed by atoms with Crippen molar-refractivity contribution in [3.8, 4) is 0 Å². The van der Waals surface area contributed by atoms with Crippen LogP contribution in [0.25, 0.3) is 11.0 Å². The Morgan fingerprint density at radius 3 is 2.35 bits per heavy atom. The summed E-state index contributed by atoms with van der Waals surface area (Å²) in [7, 11) is -3.59. The van der Waals surface area contributed by atoms with E-state index >= 15 is 0 Å². The zero-order valence-electron chi connectivity index (χ0n) is 17.6. The first-order valence-corrected chi connectivity index (χ1v) is 12.4. The fourth-order valence-corrected chi connectivity index (χ4v) is 6.03. The van der Waals surface area contributed by atoms with Crippen LogP contribution in [-0.4, -0.2) is 68.4 Å². The van der Waals surface area contributed by atoms with Crippen LogP contribution in [0.2, 0.25) is 0 Å². The topological polar surface area (TPSA) is 69.9 Å². The van der Waals surface area contributed by atoms with Crippen LogP contribution < -0.4 is 4.90 Å². The van der Waals surface area contributed by atoms with Gasteiger partial charge in [0.25, 0.3) is 10.0 Å². The molecule has 0 bridgehead atoms. The minimum Gasteiger partial charge on any atom is -0.443 e. The molecule has 2 aromatic heterocycles. The summed E-state index contributed by atoms with van der Waals surface area (Å²) in [5, 5.41) is 0.864. The molecule has 0 N–H and O–H groups in total. The maximum Gasteiger partial charge on any atom is 0.276 e. The summed E-state index contributed by atoms with van der Waals surface area (Å²) in [5.74, 6) is 0.664. The number of hydrogen-bond donors (Lipinski definition) is 0. The average Bonchev–Trinajstić information content (AvgIpc) is 3.26. The van der Waals surface area contributed by atoms with Crippen molar-refractivity contribution in [1.82, 2.24) is 14.2 Å². The van der Waals surface area contributed by atoms with E-state index in [4.69, 9.17) is 4.42 Å². The second-order valence-corrected chi connectivity index (χ2v) is 10.3. The molecule has 0 spiro atoms. The Hall–Kier alpha value is -2.42. The molecule has 2 saturated heterocycles. The fraction of sp³-hybridized carbons (Fsp3) is 0.435. The highest BCUT2D eigenvalue weighted by atomic mass is 32.2. The second kappa shape index (κ2) is 8.61. The van der Waals surface area contributed by atoms with E-state index in [0.717, 1.165) is 38.1 Å². The number of sulfonamides is 1. The van der Waals surface area contributed by atoms with Gasteiger partial charge in [0, 0.05) is 75.3 Å². The fourth-order valence-electron chi connectivity index (χ4n) is 4.66. The lowest BCUT2D eigenvalue weighted by Gasteiger charge is -2.38. The standard InChI is InChI=1S/C23H28N4O3S/c28-31(29,23-17-20-3-1-2-4-22(20)30-23)27-15-13-25(14-16-27)18-19-7-11-26(12-8-19)21-5-9-24-10-6-21/h1-6,9-10,17,19H,7-8,11-16,18H2. The number of piperazine rings is 1. The molecular formula is C23H28N4O3S. The smallest absolute Gasteiger partial charge is 0.276 e. The van der Waals surface area contributed by atoms with Crippen LogP contribution in [0.1, 0.15) is 12.8 Å². The van der Waals surface area contributed by atoms with Crippen molar-refractivity contribution in [1.29, 1.82) is 0 Å². The number of furan rings is 1. The molecule has 0 radical (unpaired) electrons. The van der Waals surface area contributed by atoms with Gasteiger partial charge in [-0.15, -0.1) is 0 Å². The summed E-state index contributed by atoms with van der Waals surface area (Å²) >= 11 is 0. The first-order chi connectivity index (χ1) is 15.1. The summed E-state index contributed by atoms with van der Waals surface area (Å²) < 4.78 is 33.2. The van der Waals surface area contributed by atoms with Crippen LogP contribution >= 0.6 is 0 Å². The van der Waals surface area contributed by atoms with Crippen molar-refractivity contribution >= 4 is 26.7 Å². The Labute approximate surface area is 183 Å². The maximum atomic E-state index is 13.0. The third-order valence-electron chi connectivity index (χ3n) is 6.49. The number of hydrogen-bond acceptors (Lipinski definition) is 6. The monoisotopic (exact) mass is 440 g/mol. The first kappa shape index (κ1) is 20.5. The van der Waals surface area contributed by atoms with E-state index < -0.39 is 10.0 Å². The first-order valence-electron chi connectivity index (χ1n) is 11.0. The Balaban J connectivity index is 1.14. The van der Waals surface area contributed by atoms with Gasteiger partial charge < -0.3 is 14.2 Å². The molecule has 8 heteroatoms. The van der Waals surface area contributed by atoms with Gasteiger partial charge in [0.2, 0.25) is 5.09 Å². The molecule has 2 fully saturated rings. The zero-order valence-corrected chi connectivity index (χ0v) is 18.4. The SMILES string of the molecule is O=S(=O)(c1cc2ccccc2o1)N1CCN(CC2CCN(c3ccncc3)CC2)CC1. The van der Waals surface area contributed by atoms with E-state index in [1.165, 1.54) is 18.5 Å². The molecule has 164 valence electrons. The van der Waals surface area contributed by atoms with Crippen LogP contribution in [-0.2, 0) is 10.0 Å². The third kappa shape index (κ3) is 4.33. The van der Waals surface area contributed by atoms with Crippen LogP contribution in [0.4, 0.5) is 5.69 Å². The van der Waals surface area contributed by atoms with Gasteiger partial charge in [0.1, 0.15) is 5.58 Å². The van der Waals surface area contributed by atoms with E-state index in [-0.39, 0.29) is 5.09 Å². The van der Waals surface area contributed by atoms with Crippen LogP contribution in [0.15, 0.2) is 64.4 Å². The van der Waals surface area contributed by atoms with E-state index in [1.54, 1.807) is 16.4 Å². The molecule has 7 nitrogen and oxygen atoms in total. The van der Waals surface area contributed by atoms with Crippen LogP contribution in [0.5, 0.6) is 0 Å². The highest BCUT2D eigenvalue weighted by molar-refractivity contribution is 7.89. The molecule has 4 heterocycles. The van der Waals surface area contributed by atoms with Crippen molar-refractivity contribution in [3.05, 3.63) is 54.9 Å². The lowest BCUT2D eigenvalue weighted by Crippen LogP contribution is -2.50. The lowest BCUT2D eigenvalue weighted by atomic mass is 9.95. The predicted molar refractivity (Wildman–Crippen MR) is 121 cm³/mol. The summed E-state index contributed by atoms with van der Waals surface area (Å²) in [6.45, 7) is 5.73. The van der Waals surface area contributed by atoms with Gasteiger partial charge in [0.15, 0.2) is 0 Å². The number of aromatic nitrogens is 1. The van der Waals surface area contributed by atoms with E-state index in [1.807, 2.05) is 30.6 Å². The van der Waals surface area contributed by atoms with Crippen molar-refractivity contribution in [2.45, 2.75) is 17.9 Å². The quantitative estimate of drug-likeness (QED) is 0.607. The number of piperidine rings is 1. The Bertz CT molecular complexity index is 1080. The number of rotatable bonds is 5. The molecule has 0 aliphatic carbocycles. The number of nitrogens with zero attached hydrogens (tertiary/aromatic N) is 4. The minimum atomic E-state index is -3.59. The normalized spacial score (nSPS) is 19.8. The van der Waals surface area contributed by atoms with E-state index in [2.05, 4.69) is 26.9 Å². The molecule has 3 aromatic rings. The van der Waals surface area contributed by atoms with Gasteiger partial charge in [-0.1, -0.05) is 18.2 Å². The van der Waals surface area contributed by atoms with Gasteiger partial charge in [-0.05, 0) is 37.0 Å². The molecular weight excluding hydrogens is 412 g/mol. The van der Waals surface area contributed by atoms with Crippen molar-refractivity contribution in [3.63, 3.8) is 0 Å². The van der Waals surface area contributed by atoms with Crippen molar-refractivity contribution in [2.75, 3.05) is 50.7 Å². The van der Waals surface area contributed by atoms with Crippen LogP contribution in [0.3, 0.4) is 0 Å². The van der Waals surface area contributed by atoms with E-state index in [0.29, 0.717) is 24.6 Å². The molecule has 2 aliphatic rings. The number of para-hydroxylation sites is 1. The zero-order chi connectivity index (χ0) is 21.3. The summed E-state index contributed by atoms with van der Waals surface area (Å²) in [6.07, 6.45) is 6.03. The Morgan fingerprint density at radius 1 is 0.935 bits per heavy atom. The summed E-state index contributed by atoms with van der Waals surface area (Å²) in [5.41, 5.74) is 1.86. The molecule has 2 aliphatic heterocycles. The number of fused-ring (bicyclic) bond motifs is 1. The van der Waals surface area contributed by atoms with Crippen LogP contribution in [0, 0.1) is 5.92 Å². The van der Waals surface area contributed by atoms with Gasteiger partial charge in [0.05, 0.1) is 0 Å². The molecule has 5 rings (SSSR count). The average molecular weight is 441 g/mol. The van der Waals surface area contributed by atoms with Crippen molar-refractivity contribution in [2.24, 2.45) is 5.92 Å². The summed E-state index contributed by atoms with van der Waals surface area (Å²) in [4.78, 5) is 8.94. The van der Waals surface area contributed by atoms with Gasteiger partial charge in [-0.2, -0.15) is 4.31 Å². The third-order valence-corrected chi connectivity index (χ3v) is 8.24. The van der Waals surface area contributed by atoms with Gasteiger partial charge in [-0.25, -0.2) is 8.42 Å². The second-order valence-electron chi connectivity index (χ2n) is 8.44. The number of anilines is 1. The predicted octanol–water partition coefficient (Wildman–Crippen LogP) is 3.05. The lowest BCUT2D eigenvalue weighted by molar-refractivity contribution is 0.154. The molecule has 31 heavy (non-hydrogen) atoms. The molecule has 1 aromatic carbocycles. The highest BCUT2D eigenvalue weighted by Crippen LogP contribution is 2.27. The molecule has 0 unspecified atom stereocenters. The molecule has 0 saturated carbocycles. The van der Waals surface area contributed by atoms with Gasteiger partial charge >= 0.3 is 0 Å². The largest absolute Gasteiger partial charge is 0.443 e. The minimum absolute atomic E-state index is 0.0469. The van der Waals surface area contributed by atoms with Crippen molar-refractivity contribution < 1.29 is 12.8 Å². The highest BCUT2D eigenvalue weighted by Gasteiger charge is 2.32. The number of pyridine rings is 1. The van der Waals surface area contributed by atoms with Gasteiger partial charge in [-0.3, -0.25) is 4.98 Å². The number of benzene rings is 1. The molecule has 0 atom stereocenters. The Kier molecular flexibility index (Phi) is 5.69. The Morgan fingerprint density at radius 2 is 1.65 bits per heavy atom.